The largest absolute Gasteiger partial charge is 0.462 e. The first kappa shape index (κ1) is 31.1. The van der Waals surface area contributed by atoms with Gasteiger partial charge in [0.1, 0.15) is 0 Å². The summed E-state index contributed by atoms with van der Waals surface area (Å²) in [5.74, 6) is -1.05. The van der Waals surface area contributed by atoms with Crippen molar-refractivity contribution in [3.8, 4) is 0 Å². The third kappa shape index (κ3) is 10.3. The minimum Gasteiger partial charge on any atom is -0.462 e. The number of rotatable bonds is 11. The van der Waals surface area contributed by atoms with Crippen LogP contribution in [0.2, 0.25) is 0 Å². The predicted octanol–water partition coefficient (Wildman–Crippen LogP) is 2.35. The molecule has 12 heteroatoms. The van der Waals surface area contributed by atoms with Crippen molar-refractivity contribution >= 4 is 47.7 Å². The molecule has 0 aliphatic heterocycles. The van der Waals surface area contributed by atoms with E-state index in [2.05, 4.69) is 9.19 Å². The van der Waals surface area contributed by atoms with E-state index in [0.29, 0.717) is 24.5 Å². The van der Waals surface area contributed by atoms with E-state index >= 15 is 0 Å². The van der Waals surface area contributed by atoms with Gasteiger partial charge in [-0.25, -0.2) is 4.79 Å². The van der Waals surface area contributed by atoms with Crippen molar-refractivity contribution in [2.75, 3.05) is 37.1 Å². The van der Waals surface area contributed by atoms with Gasteiger partial charge in [-0.15, -0.1) is 0 Å². The summed E-state index contributed by atoms with van der Waals surface area (Å²) < 4.78 is 35.4. The molecule has 36 heavy (non-hydrogen) atoms. The van der Waals surface area contributed by atoms with Crippen LogP contribution in [0, 0.1) is 0 Å². The molecule has 0 saturated carbocycles. The number of hydrogen-bond acceptors (Lipinski definition) is 8. The number of ether oxygens (including phenoxy) is 2. The topological polar surface area (TPSA) is 152 Å². The number of esters is 1. The van der Waals surface area contributed by atoms with E-state index in [1.54, 1.807) is 19.1 Å². The summed E-state index contributed by atoms with van der Waals surface area (Å²) in [6, 6.07) is 12.9. The Hall–Kier alpha value is -2.95. The maximum absolute atomic E-state index is 12.3. The van der Waals surface area contributed by atoms with Crippen LogP contribution >= 0.6 is 0 Å². The molecule has 0 saturated heterocycles. The van der Waals surface area contributed by atoms with Gasteiger partial charge in [0.15, 0.2) is 0 Å². The third-order valence-electron chi connectivity index (χ3n) is 4.60. The van der Waals surface area contributed by atoms with Gasteiger partial charge in [0.25, 0.3) is 0 Å². The van der Waals surface area contributed by atoms with E-state index in [4.69, 9.17) is 14.7 Å². The Morgan fingerprint density at radius 1 is 1.08 bits per heavy atom. The molecule has 0 aromatic heterocycles. The molecule has 0 aliphatic carbocycles. The zero-order valence-electron chi connectivity index (χ0n) is 20.8. The Morgan fingerprint density at radius 2 is 1.75 bits per heavy atom. The van der Waals surface area contributed by atoms with Crippen LogP contribution in [0.1, 0.15) is 44.0 Å². The molecule has 1 unspecified atom stereocenters. The summed E-state index contributed by atoms with van der Waals surface area (Å²) in [7, 11) is 1.40. The van der Waals surface area contributed by atoms with Crippen molar-refractivity contribution in [3.63, 3.8) is 0 Å². The van der Waals surface area contributed by atoms with Gasteiger partial charge in [0.05, 0.1) is 12.2 Å². The fourth-order valence-electron chi connectivity index (χ4n) is 2.78. The standard InChI is InChI=1S/C15H23AsN2O7.C9H10O2/c1-4-5-8-24-10-15(20)18(3)14-9-12(17-11(2)19)6-7-13(14)16(21,22)25-23;1-2-11-9(10)8-6-4-3-5-7-8/h6-7,9,23H,4-5,8,10H2,1-3H3,(H,17,19)(H,21,22);3-7H,2H2,1H3. The van der Waals surface area contributed by atoms with E-state index in [9.17, 15) is 22.2 Å². The van der Waals surface area contributed by atoms with Crippen molar-refractivity contribution in [1.82, 2.24) is 0 Å². The molecular weight excluding hydrogens is 535 g/mol. The maximum atomic E-state index is 12.3. The van der Waals surface area contributed by atoms with E-state index in [1.807, 2.05) is 25.1 Å². The number of hydrogen-bond donors (Lipinski definition) is 3. The van der Waals surface area contributed by atoms with Gasteiger partial charge in [-0.05, 0) is 19.1 Å². The molecule has 0 heterocycles. The monoisotopic (exact) mass is 568 g/mol. The second-order valence-electron chi connectivity index (χ2n) is 7.43. The van der Waals surface area contributed by atoms with Crippen molar-refractivity contribution in [2.45, 2.75) is 33.6 Å². The molecule has 0 radical (unpaired) electrons. The number of carbonyl (C=O) groups excluding carboxylic acids is 3. The number of likely N-dealkylation sites (N-methyl/N-ethyl adjacent to an activating group) is 1. The molecule has 2 aromatic rings. The minimum absolute atomic E-state index is 0.0365. The Kier molecular flexibility index (Phi) is 13.7. The smallest absolute Gasteiger partial charge is 0.338 e. The fourth-order valence-corrected chi connectivity index (χ4v) is 4.58. The number of amides is 2. The van der Waals surface area contributed by atoms with Crippen molar-refractivity contribution < 1.29 is 40.8 Å². The van der Waals surface area contributed by atoms with Crippen LogP contribution in [0.4, 0.5) is 11.4 Å². The van der Waals surface area contributed by atoms with E-state index < -0.39 is 20.1 Å². The number of carbonyl (C=O) groups is 3. The molecule has 0 aliphatic rings. The van der Waals surface area contributed by atoms with Crippen LogP contribution < -0.4 is 14.6 Å². The van der Waals surface area contributed by atoms with Gasteiger partial charge in [0, 0.05) is 0 Å². The first-order valence-electron chi connectivity index (χ1n) is 11.2. The first-order valence-corrected chi connectivity index (χ1v) is 14.5. The Labute approximate surface area is 213 Å². The molecule has 2 amide bonds. The maximum Gasteiger partial charge on any atom is 0.338 e. The zero-order chi connectivity index (χ0) is 27.1. The van der Waals surface area contributed by atoms with Gasteiger partial charge >= 0.3 is 154 Å². The molecule has 11 nitrogen and oxygen atoms in total. The number of unbranched alkanes of at least 4 members (excludes halogenated alkanes) is 1. The van der Waals surface area contributed by atoms with Gasteiger partial charge in [0.2, 0.25) is 0 Å². The molecular formula is C24H33AsN2O9. The van der Waals surface area contributed by atoms with Crippen LogP contribution in [-0.4, -0.2) is 68.2 Å². The van der Waals surface area contributed by atoms with Crippen LogP contribution in [0.5, 0.6) is 0 Å². The van der Waals surface area contributed by atoms with Gasteiger partial charge in [-0.3, -0.25) is 0 Å². The van der Waals surface area contributed by atoms with Crippen LogP contribution in [0.15, 0.2) is 48.5 Å². The molecule has 2 rings (SSSR count). The summed E-state index contributed by atoms with van der Waals surface area (Å²) in [5, 5.41) is 11.2. The van der Waals surface area contributed by atoms with Crippen LogP contribution in [-0.2, 0) is 26.7 Å². The second kappa shape index (κ2) is 15.9. The van der Waals surface area contributed by atoms with Gasteiger partial charge in [-0.2, -0.15) is 0 Å². The minimum atomic E-state index is -5.23. The van der Waals surface area contributed by atoms with E-state index in [0.717, 1.165) is 17.7 Å². The van der Waals surface area contributed by atoms with Gasteiger partial charge < -0.3 is 4.74 Å². The number of nitrogens with zero attached hydrogens (tertiary/aromatic N) is 1. The summed E-state index contributed by atoms with van der Waals surface area (Å²) >= 11 is -5.23. The molecule has 0 spiro atoms. The van der Waals surface area contributed by atoms with E-state index in [1.165, 1.54) is 32.2 Å². The summed E-state index contributed by atoms with van der Waals surface area (Å²) in [5.41, 5.74) is 0.968. The molecule has 2 aromatic carbocycles. The zero-order valence-corrected chi connectivity index (χ0v) is 22.7. The first-order chi connectivity index (χ1) is 17.1. The number of nitrogens with one attached hydrogen (secondary N) is 1. The SMILES string of the molecule is CCCCOCC(=O)N(C)c1cc(NC(C)=O)ccc1[As](=O)(O)OO.CCOC(=O)c1ccccc1. The number of benzene rings is 2. The Morgan fingerprint density at radius 3 is 2.31 bits per heavy atom. The summed E-state index contributed by atoms with van der Waals surface area (Å²) in [6.07, 6.45) is 1.74. The predicted molar refractivity (Wildman–Crippen MR) is 134 cm³/mol. The van der Waals surface area contributed by atoms with Gasteiger partial charge in [-0.1, -0.05) is 18.2 Å². The van der Waals surface area contributed by atoms with Crippen molar-refractivity contribution in [2.24, 2.45) is 0 Å². The van der Waals surface area contributed by atoms with E-state index in [-0.39, 0.29) is 28.5 Å². The fraction of sp³-hybridized carbons (Fsp3) is 0.375. The molecule has 198 valence electrons. The average molecular weight is 568 g/mol. The molecule has 0 fully saturated rings. The molecule has 3 N–H and O–H groups in total. The normalized spacial score (nSPS) is 11.9. The quantitative estimate of drug-likeness (QED) is 0.122. The number of anilines is 2. The Balaban J connectivity index is 0.000000488. The average Bonchev–Trinajstić information content (AvgIpc) is 2.86. The second-order valence-corrected chi connectivity index (χ2v) is 11.0. The van der Waals surface area contributed by atoms with Crippen molar-refractivity contribution in [1.29, 1.82) is 0 Å². The Bertz CT molecular complexity index is 1050. The molecule has 1 atom stereocenters. The molecule has 0 bridgehead atoms. The summed E-state index contributed by atoms with van der Waals surface area (Å²) in [4.78, 5) is 35.6. The van der Waals surface area contributed by atoms with Crippen LogP contribution in [0.3, 0.4) is 0 Å². The summed E-state index contributed by atoms with van der Waals surface area (Å²) in [6.45, 7) is 5.74. The third-order valence-corrected chi connectivity index (χ3v) is 7.13. The van der Waals surface area contributed by atoms with Crippen molar-refractivity contribution in [3.05, 3.63) is 54.1 Å². The van der Waals surface area contributed by atoms with Crippen LogP contribution in [0.25, 0.3) is 0 Å².